The number of halogens is 1. The third-order valence-electron chi connectivity index (χ3n) is 7.69. The van der Waals surface area contributed by atoms with Gasteiger partial charge in [-0.1, -0.05) is 29.8 Å². The summed E-state index contributed by atoms with van der Waals surface area (Å²) >= 11 is 7.47. The number of amidine groups is 1. The smallest absolute Gasteiger partial charge is 0.264 e. The van der Waals surface area contributed by atoms with Crippen LogP contribution in [0.15, 0.2) is 52.4 Å². The number of aromatic hydroxyl groups is 1. The second-order valence-corrected chi connectivity index (χ2v) is 11.3. The number of hydrogen-bond acceptors (Lipinski definition) is 4. The second kappa shape index (κ2) is 7.67. The first-order valence-corrected chi connectivity index (χ1v) is 12.5. The average Bonchev–Trinajstić information content (AvgIpc) is 3.09. The quantitative estimate of drug-likeness (QED) is 0.516. The summed E-state index contributed by atoms with van der Waals surface area (Å²) in [7, 11) is 0. The van der Waals surface area contributed by atoms with E-state index < -0.39 is 0 Å². The molecular formula is C26H25ClN2O2S. The Balaban J connectivity index is 1.30. The maximum absolute atomic E-state index is 12.6. The van der Waals surface area contributed by atoms with Gasteiger partial charge >= 0.3 is 0 Å². The lowest BCUT2D eigenvalue weighted by Crippen LogP contribution is -2.48. The van der Waals surface area contributed by atoms with Gasteiger partial charge in [-0.15, -0.1) is 0 Å². The first kappa shape index (κ1) is 20.4. The Labute approximate surface area is 197 Å². The standard InChI is InChI=1S/C26H25ClN2O2S/c27-20-3-1-2-4-21(20)28-25-29-24(31)23(32-25)11-18-10-19(5-6-22(18)30)26-12-15-7-16(13-26)9-17(8-15)14-26/h1-6,10-11,15-17,30H,7-9,12-14H2,(H,28,29,31)/b23-11-. The summed E-state index contributed by atoms with van der Waals surface area (Å²) in [6, 6.07) is 13.3. The maximum Gasteiger partial charge on any atom is 0.264 e. The van der Waals surface area contributed by atoms with Gasteiger partial charge in [0.2, 0.25) is 0 Å². The lowest BCUT2D eigenvalue weighted by molar-refractivity contribution is -0.115. The van der Waals surface area contributed by atoms with E-state index in [1.807, 2.05) is 18.2 Å². The molecule has 164 valence electrons. The molecule has 1 amide bonds. The molecule has 6 heteroatoms. The van der Waals surface area contributed by atoms with Gasteiger partial charge in [0.15, 0.2) is 5.17 Å². The molecule has 4 nitrogen and oxygen atoms in total. The number of carbonyl (C=O) groups excluding carboxylic acids is 1. The van der Waals surface area contributed by atoms with Crippen LogP contribution in [0.3, 0.4) is 0 Å². The van der Waals surface area contributed by atoms with E-state index in [1.165, 1.54) is 55.9 Å². The number of phenols is 1. The molecule has 0 radical (unpaired) electrons. The molecule has 2 aromatic carbocycles. The number of carbonyl (C=O) groups is 1. The molecule has 1 aliphatic heterocycles. The number of phenolic OH excluding ortho intramolecular Hbond substituents is 1. The van der Waals surface area contributed by atoms with E-state index in [0.717, 1.165) is 17.8 Å². The summed E-state index contributed by atoms with van der Waals surface area (Å²) < 4.78 is 0. The average molecular weight is 465 g/mol. The molecule has 4 saturated carbocycles. The molecular weight excluding hydrogens is 440 g/mol. The molecule has 0 aromatic heterocycles. The van der Waals surface area contributed by atoms with Crippen molar-refractivity contribution in [2.75, 3.05) is 0 Å². The summed E-state index contributed by atoms with van der Waals surface area (Å²) in [4.78, 5) is 17.6. The van der Waals surface area contributed by atoms with Gasteiger partial charge in [0.25, 0.3) is 5.91 Å². The number of thioether (sulfide) groups is 1. The Morgan fingerprint density at radius 1 is 1.06 bits per heavy atom. The van der Waals surface area contributed by atoms with E-state index in [-0.39, 0.29) is 17.1 Å². The molecule has 5 fully saturated rings. The van der Waals surface area contributed by atoms with Crippen LogP contribution in [0.25, 0.3) is 6.08 Å². The fourth-order valence-corrected chi connectivity index (χ4v) is 7.74. The Kier molecular flexibility index (Phi) is 4.88. The number of hydrogen-bond donors (Lipinski definition) is 2. The molecule has 4 aliphatic carbocycles. The highest BCUT2D eigenvalue weighted by molar-refractivity contribution is 8.18. The van der Waals surface area contributed by atoms with Crippen LogP contribution in [-0.4, -0.2) is 16.2 Å². The number of rotatable bonds is 3. The van der Waals surface area contributed by atoms with Gasteiger partial charge in [-0.25, -0.2) is 4.99 Å². The highest BCUT2D eigenvalue weighted by Gasteiger charge is 2.51. The highest BCUT2D eigenvalue weighted by atomic mass is 35.5. The minimum atomic E-state index is -0.208. The first-order chi connectivity index (χ1) is 15.5. The van der Waals surface area contributed by atoms with Crippen LogP contribution in [0.2, 0.25) is 5.02 Å². The van der Waals surface area contributed by atoms with E-state index >= 15 is 0 Å². The fourth-order valence-electron chi connectivity index (χ4n) is 6.74. The molecule has 1 heterocycles. The van der Waals surface area contributed by atoms with E-state index in [0.29, 0.717) is 26.3 Å². The topological polar surface area (TPSA) is 61.7 Å². The Morgan fingerprint density at radius 3 is 2.44 bits per heavy atom. The number of nitrogens with one attached hydrogen (secondary N) is 1. The SMILES string of the molecule is O=C1NC(=Nc2ccccc2Cl)S/C1=C\c1cc(C23CC4CC(CC(C4)C2)C3)ccc1O. The van der Waals surface area contributed by atoms with Gasteiger partial charge in [0.05, 0.1) is 15.6 Å². The highest BCUT2D eigenvalue weighted by Crippen LogP contribution is 2.61. The third kappa shape index (κ3) is 3.56. The summed E-state index contributed by atoms with van der Waals surface area (Å²) in [5, 5.41) is 14.4. The van der Waals surface area contributed by atoms with Crippen molar-refractivity contribution in [1.29, 1.82) is 0 Å². The molecule has 2 aromatic rings. The van der Waals surface area contributed by atoms with Crippen molar-refractivity contribution >= 4 is 46.2 Å². The van der Waals surface area contributed by atoms with Crippen LogP contribution < -0.4 is 5.32 Å². The fraction of sp³-hybridized carbons (Fsp3) is 0.385. The molecule has 32 heavy (non-hydrogen) atoms. The van der Waals surface area contributed by atoms with Crippen LogP contribution in [-0.2, 0) is 10.2 Å². The Hall–Kier alpha value is -2.24. The van der Waals surface area contributed by atoms with Gasteiger partial charge in [0.1, 0.15) is 5.75 Å². The summed E-state index contributed by atoms with van der Waals surface area (Å²) in [6.45, 7) is 0. The number of benzene rings is 2. The lowest BCUT2D eigenvalue weighted by atomic mass is 9.48. The molecule has 2 N–H and O–H groups in total. The largest absolute Gasteiger partial charge is 0.507 e. The number of nitrogens with zero attached hydrogens (tertiary/aromatic N) is 1. The predicted octanol–water partition coefficient (Wildman–Crippen LogP) is 6.41. The van der Waals surface area contributed by atoms with Crippen LogP contribution in [0.1, 0.15) is 49.7 Å². The molecule has 1 saturated heterocycles. The number of amides is 1. The minimum absolute atomic E-state index is 0.205. The number of para-hydroxylation sites is 1. The minimum Gasteiger partial charge on any atom is -0.507 e. The van der Waals surface area contributed by atoms with Crippen molar-refractivity contribution in [3.63, 3.8) is 0 Å². The van der Waals surface area contributed by atoms with Gasteiger partial charge in [-0.3, -0.25) is 4.79 Å². The van der Waals surface area contributed by atoms with Crippen molar-refractivity contribution in [3.8, 4) is 5.75 Å². The van der Waals surface area contributed by atoms with E-state index in [1.54, 1.807) is 18.2 Å². The van der Waals surface area contributed by atoms with Gasteiger partial charge in [0, 0.05) is 5.56 Å². The van der Waals surface area contributed by atoms with Gasteiger partial charge < -0.3 is 10.4 Å². The van der Waals surface area contributed by atoms with Gasteiger partial charge in [-0.05, 0) is 109 Å². The molecule has 7 rings (SSSR count). The van der Waals surface area contributed by atoms with Crippen LogP contribution in [0, 0.1) is 17.8 Å². The molecule has 0 unspecified atom stereocenters. The molecule has 5 aliphatic rings. The van der Waals surface area contributed by atoms with Crippen LogP contribution >= 0.6 is 23.4 Å². The molecule has 0 spiro atoms. The Bertz CT molecular complexity index is 1140. The second-order valence-electron chi connectivity index (χ2n) is 9.90. The van der Waals surface area contributed by atoms with E-state index in [9.17, 15) is 9.90 Å². The van der Waals surface area contributed by atoms with Crippen molar-refractivity contribution in [3.05, 3.63) is 63.5 Å². The monoisotopic (exact) mass is 464 g/mol. The lowest BCUT2D eigenvalue weighted by Gasteiger charge is -2.57. The normalized spacial score (nSPS) is 33.3. The summed E-state index contributed by atoms with van der Waals surface area (Å²) in [6.07, 6.45) is 9.79. The zero-order valence-electron chi connectivity index (χ0n) is 17.7. The van der Waals surface area contributed by atoms with Crippen molar-refractivity contribution in [2.24, 2.45) is 22.7 Å². The van der Waals surface area contributed by atoms with Crippen molar-refractivity contribution < 1.29 is 9.90 Å². The Morgan fingerprint density at radius 2 is 1.75 bits per heavy atom. The molecule has 4 bridgehead atoms. The zero-order valence-corrected chi connectivity index (χ0v) is 19.3. The summed E-state index contributed by atoms with van der Waals surface area (Å²) in [5.41, 5.74) is 2.90. The van der Waals surface area contributed by atoms with Crippen LogP contribution in [0.4, 0.5) is 5.69 Å². The first-order valence-electron chi connectivity index (χ1n) is 11.3. The van der Waals surface area contributed by atoms with Gasteiger partial charge in [-0.2, -0.15) is 0 Å². The van der Waals surface area contributed by atoms with Crippen molar-refractivity contribution in [1.82, 2.24) is 5.32 Å². The van der Waals surface area contributed by atoms with E-state index in [2.05, 4.69) is 22.4 Å². The van der Waals surface area contributed by atoms with Crippen molar-refractivity contribution in [2.45, 2.75) is 43.9 Å². The summed E-state index contributed by atoms with van der Waals surface area (Å²) in [5.74, 6) is 2.57. The molecule has 0 atom stereocenters. The third-order valence-corrected chi connectivity index (χ3v) is 8.92. The zero-order chi connectivity index (χ0) is 21.9. The predicted molar refractivity (Wildman–Crippen MR) is 130 cm³/mol. The van der Waals surface area contributed by atoms with E-state index in [4.69, 9.17) is 11.6 Å². The maximum atomic E-state index is 12.6. The number of aliphatic imine (C=N–C) groups is 1. The van der Waals surface area contributed by atoms with Crippen LogP contribution in [0.5, 0.6) is 5.75 Å².